The van der Waals surface area contributed by atoms with Crippen molar-refractivity contribution in [3.8, 4) is 5.75 Å². The van der Waals surface area contributed by atoms with E-state index in [0.717, 1.165) is 49.6 Å². The van der Waals surface area contributed by atoms with Crippen molar-refractivity contribution in [3.05, 3.63) is 24.3 Å². The minimum atomic E-state index is -0.652. The standard InChI is InChI=1S/C21H32N2O3/c1-17-6-5-13-23(16-17)14-15-26-19-9-7-18(8-10-19)22-20(24)21(25-2)11-3-4-12-21/h7-10,17H,3-6,11-16H2,1-2H3,(H,22,24)/t17-/m1/s1. The van der Waals surface area contributed by atoms with E-state index in [2.05, 4.69) is 17.1 Å². The van der Waals surface area contributed by atoms with Crippen LogP contribution in [0.2, 0.25) is 0 Å². The van der Waals surface area contributed by atoms with Gasteiger partial charge in [0.15, 0.2) is 0 Å². The zero-order valence-electron chi connectivity index (χ0n) is 16.1. The number of hydrogen-bond acceptors (Lipinski definition) is 4. The van der Waals surface area contributed by atoms with Crippen molar-refractivity contribution in [2.24, 2.45) is 5.92 Å². The van der Waals surface area contributed by atoms with Gasteiger partial charge in [-0.15, -0.1) is 0 Å². The van der Waals surface area contributed by atoms with Crippen molar-refractivity contribution in [2.45, 2.75) is 51.0 Å². The van der Waals surface area contributed by atoms with Crippen LogP contribution in [0.3, 0.4) is 0 Å². The molecule has 1 amide bonds. The average molecular weight is 360 g/mol. The molecule has 0 aromatic heterocycles. The second-order valence-electron chi connectivity index (χ2n) is 7.78. The number of likely N-dealkylation sites (tertiary alicyclic amines) is 1. The lowest BCUT2D eigenvalue weighted by molar-refractivity contribution is -0.136. The number of carbonyl (C=O) groups is 1. The molecule has 2 fully saturated rings. The molecule has 26 heavy (non-hydrogen) atoms. The van der Waals surface area contributed by atoms with E-state index >= 15 is 0 Å². The summed E-state index contributed by atoms with van der Waals surface area (Å²) in [5.41, 5.74) is 0.135. The molecular weight excluding hydrogens is 328 g/mol. The van der Waals surface area contributed by atoms with Gasteiger partial charge in [-0.2, -0.15) is 0 Å². The van der Waals surface area contributed by atoms with E-state index in [4.69, 9.17) is 9.47 Å². The fourth-order valence-corrected chi connectivity index (χ4v) is 4.13. The van der Waals surface area contributed by atoms with Crippen LogP contribution in [-0.4, -0.2) is 49.8 Å². The third-order valence-corrected chi connectivity index (χ3v) is 5.75. The molecule has 1 aliphatic heterocycles. The largest absolute Gasteiger partial charge is 0.492 e. The molecule has 1 atom stereocenters. The van der Waals surface area contributed by atoms with Crippen LogP contribution >= 0.6 is 0 Å². The van der Waals surface area contributed by atoms with Crippen molar-refractivity contribution in [3.63, 3.8) is 0 Å². The van der Waals surface area contributed by atoms with E-state index < -0.39 is 5.60 Å². The van der Waals surface area contributed by atoms with E-state index in [1.807, 2.05) is 24.3 Å². The molecule has 1 saturated heterocycles. The summed E-state index contributed by atoms with van der Waals surface area (Å²) in [5.74, 6) is 1.60. The van der Waals surface area contributed by atoms with Gasteiger partial charge < -0.3 is 14.8 Å². The first-order valence-electron chi connectivity index (χ1n) is 9.93. The highest BCUT2D eigenvalue weighted by molar-refractivity contribution is 5.97. The van der Waals surface area contributed by atoms with E-state index in [9.17, 15) is 4.79 Å². The number of piperidine rings is 1. The van der Waals surface area contributed by atoms with E-state index in [-0.39, 0.29) is 5.91 Å². The molecule has 0 radical (unpaired) electrons. The molecule has 5 nitrogen and oxygen atoms in total. The number of methoxy groups -OCH3 is 1. The number of ether oxygens (including phenoxy) is 2. The van der Waals surface area contributed by atoms with Gasteiger partial charge in [0, 0.05) is 25.9 Å². The number of nitrogens with one attached hydrogen (secondary N) is 1. The normalized spacial score (nSPS) is 22.9. The zero-order chi connectivity index (χ0) is 18.4. The lowest BCUT2D eigenvalue weighted by Crippen LogP contribution is -2.42. The minimum Gasteiger partial charge on any atom is -0.492 e. The van der Waals surface area contributed by atoms with Crippen molar-refractivity contribution in [1.29, 1.82) is 0 Å². The summed E-state index contributed by atoms with van der Waals surface area (Å²) in [6.45, 7) is 6.35. The number of benzene rings is 1. The highest BCUT2D eigenvalue weighted by Crippen LogP contribution is 2.33. The van der Waals surface area contributed by atoms with E-state index in [0.29, 0.717) is 6.61 Å². The fraction of sp³-hybridized carbons (Fsp3) is 0.667. The number of amides is 1. The molecule has 0 bridgehead atoms. The molecular formula is C21H32N2O3. The molecule has 1 aliphatic carbocycles. The van der Waals surface area contributed by atoms with Crippen molar-refractivity contribution in [2.75, 3.05) is 38.7 Å². The van der Waals surface area contributed by atoms with Crippen molar-refractivity contribution >= 4 is 11.6 Å². The predicted molar refractivity (Wildman–Crippen MR) is 104 cm³/mol. The van der Waals surface area contributed by atoms with Gasteiger partial charge in [-0.05, 0) is 75.3 Å². The van der Waals surface area contributed by atoms with Gasteiger partial charge in [0.25, 0.3) is 5.91 Å². The lowest BCUT2D eigenvalue weighted by Gasteiger charge is -2.30. The van der Waals surface area contributed by atoms with E-state index in [1.54, 1.807) is 7.11 Å². The predicted octanol–water partition coefficient (Wildman–Crippen LogP) is 3.70. The Hall–Kier alpha value is -1.59. The molecule has 5 heteroatoms. The minimum absolute atomic E-state index is 0.0367. The Bertz CT molecular complexity index is 581. The molecule has 1 N–H and O–H groups in total. The smallest absolute Gasteiger partial charge is 0.256 e. The van der Waals surface area contributed by atoms with Gasteiger partial charge in [0.05, 0.1) is 0 Å². The number of nitrogens with zero attached hydrogens (tertiary/aromatic N) is 1. The van der Waals surface area contributed by atoms with Crippen LogP contribution < -0.4 is 10.1 Å². The molecule has 1 saturated carbocycles. The summed E-state index contributed by atoms with van der Waals surface area (Å²) in [6, 6.07) is 7.63. The van der Waals surface area contributed by atoms with Crippen LogP contribution in [0.15, 0.2) is 24.3 Å². The molecule has 1 aromatic rings. The molecule has 1 aromatic carbocycles. The van der Waals surface area contributed by atoms with Crippen LogP contribution in [-0.2, 0) is 9.53 Å². The topological polar surface area (TPSA) is 50.8 Å². The quantitative estimate of drug-likeness (QED) is 0.806. The fourth-order valence-electron chi connectivity index (χ4n) is 4.13. The van der Waals surface area contributed by atoms with Gasteiger partial charge in [-0.1, -0.05) is 6.92 Å². The van der Waals surface area contributed by atoms with Gasteiger partial charge in [0.1, 0.15) is 18.0 Å². The summed E-state index contributed by atoms with van der Waals surface area (Å²) in [7, 11) is 1.63. The Morgan fingerprint density at radius 1 is 1.23 bits per heavy atom. The SMILES string of the molecule is COC1(C(=O)Nc2ccc(OCCN3CCC[C@@H](C)C3)cc2)CCCC1. The van der Waals surface area contributed by atoms with Gasteiger partial charge in [-0.25, -0.2) is 0 Å². The third kappa shape index (κ3) is 4.77. The number of anilines is 1. The third-order valence-electron chi connectivity index (χ3n) is 5.75. The monoisotopic (exact) mass is 360 g/mol. The van der Waals surface area contributed by atoms with E-state index in [1.165, 1.54) is 25.9 Å². The maximum absolute atomic E-state index is 12.6. The number of hydrogen-bond donors (Lipinski definition) is 1. The highest BCUT2D eigenvalue weighted by Gasteiger charge is 2.41. The van der Waals surface area contributed by atoms with Gasteiger partial charge in [-0.3, -0.25) is 9.69 Å². The lowest BCUT2D eigenvalue weighted by atomic mass is 10.0. The van der Waals surface area contributed by atoms with Crippen LogP contribution in [0, 0.1) is 5.92 Å². The van der Waals surface area contributed by atoms with Crippen molar-refractivity contribution < 1.29 is 14.3 Å². The number of carbonyl (C=O) groups excluding carboxylic acids is 1. The average Bonchev–Trinajstić information content (AvgIpc) is 3.14. The summed E-state index contributed by atoms with van der Waals surface area (Å²) in [4.78, 5) is 15.0. The zero-order valence-corrected chi connectivity index (χ0v) is 16.1. The molecule has 1 heterocycles. The summed E-state index contributed by atoms with van der Waals surface area (Å²) >= 11 is 0. The molecule has 2 aliphatic rings. The summed E-state index contributed by atoms with van der Waals surface area (Å²) in [6.07, 6.45) is 6.32. The molecule has 3 rings (SSSR count). The molecule has 144 valence electrons. The van der Waals surface area contributed by atoms with Gasteiger partial charge >= 0.3 is 0 Å². The van der Waals surface area contributed by atoms with Crippen LogP contribution in [0.5, 0.6) is 5.75 Å². The molecule has 0 spiro atoms. The first-order valence-corrected chi connectivity index (χ1v) is 9.93. The van der Waals surface area contributed by atoms with Gasteiger partial charge in [0.2, 0.25) is 0 Å². The Kier molecular flexibility index (Phi) is 6.54. The second-order valence-corrected chi connectivity index (χ2v) is 7.78. The second kappa shape index (κ2) is 8.87. The first-order chi connectivity index (χ1) is 12.6. The first kappa shape index (κ1) is 19.2. The maximum atomic E-state index is 12.6. The summed E-state index contributed by atoms with van der Waals surface area (Å²) in [5, 5.41) is 2.99. The molecule has 0 unspecified atom stereocenters. The Morgan fingerprint density at radius 3 is 2.62 bits per heavy atom. The summed E-state index contributed by atoms with van der Waals surface area (Å²) < 4.78 is 11.4. The van der Waals surface area contributed by atoms with Crippen LogP contribution in [0.1, 0.15) is 45.4 Å². The highest BCUT2D eigenvalue weighted by atomic mass is 16.5. The van der Waals surface area contributed by atoms with Crippen molar-refractivity contribution in [1.82, 2.24) is 4.90 Å². The Morgan fingerprint density at radius 2 is 1.96 bits per heavy atom. The Balaban J connectivity index is 1.45. The van der Waals surface area contributed by atoms with Crippen LogP contribution in [0.25, 0.3) is 0 Å². The van der Waals surface area contributed by atoms with Crippen LogP contribution in [0.4, 0.5) is 5.69 Å². The number of rotatable bonds is 7. The maximum Gasteiger partial charge on any atom is 0.256 e. The Labute approximate surface area is 157 Å².